The zero-order valence-electron chi connectivity index (χ0n) is 12.9. The van der Waals surface area contributed by atoms with Crippen LogP contribution in [0.5, 0.6) is 0 Å². The predicted molar refractivity (Wildman–Crippen MR) is 89.7 cm³/mol. The second-order valence-electron chi connectivity index (χ2n) is 4.82. The standard InChI is InChI=1S/C8H6BrF2NO.C8H7F2NO/c9-3-7(13)4-1-5(10)8(12)6(11)2-4;1-4(12)5-2-6(9)8(11)7(10)3-5/h1-2H,3,12H2;2-3H,11H2,1H3. The van der Waals surface area contributed by atoms with Crippen LogP contribution in [0, 0.1) is 23.3 Å². The molecule has 9 heteroatoms. The van der Waals surface area contributed by atoms with Crippen molar-refractivity contribution in [2.75, 3.05) is 16.8 Å². The minimum atomic E-state index is -0.913. The Morgan fingerprint density at radius 1 is 0.840 bits per heavy atom. The third-order valence-corrected chi connectivity index (χ3v) is 3.52. The molecule has 0 aliphatic carbocycles. The second kappa shape index (κ2) is 8.61. The fourth-order valence-corrected chi connectivity index (χ4v) is 1.93. The number of nitrogen functional groups attached to an aromatic ring is 2. The first-order valence-corrected chi connectivity index (χ1v) is 7.79. The summed E-state index contributed by atoms with van der Waals surface area (Å²) in [7, 11) is 0. The lowest BCUT2D eigenvalue weighted by molar-refractivity contribution is 0.101. The SMILES string of the molecule is CC(=O)c1cc(F)c(N)c(F)c1.Nc1c(F)cc(C(=O)CBr)cc1F. The van der Waals surface area contributed by atoms with E-state index in [1.54, 1.807) is 0 Å². The maximum absolute atomic E-state index is 12.8. The second-order valence-corrected chi connectivity index (χ2v) is 5.38. The Balaban J connectivity index is 0.000000251. The summed E-state index contributed by atoms with van der Waals surface area (Å²) in [5, 5.41) is 0.0236. The normalized spacial score (nSPS) is 10.0. The number of Topliss-reactive ketones (excluding diaryl/α,β-unsaturated/α-hetero) is 2. The van der Waals surface area contributed by atoms with Crippen molar-refractivity contribution in [2.24, 2.45) is 0 Å². The molecule has 0 radical (unpaired) electrons. The third-order valence-electron chi connectivity index (χ3n) is 3.01. The van der Waals surface area contributed by atoms with Gasteiger partial charge in [0.25, 0.3) is 0 Å². The summed E-state index contributed by atoms with van der Waals surface area (Å²) >= 11 is 2.89. The van der Waals surface area contributed by atoms with Crippen LogP contribution in [-0.4, -0.2) is 16.9 Å². The predicted octanol–water partition coefficient (Wildman–Crippen LogP) is 3.87. The molecule has 134 valence electrons. The molecule has 2 rings (SSSR count). The van der Waals surface area contributed by atoms with E-state index in [0.717, 1.165) is 24.3 Å². The van der Waals surface area contributed by atoms with E-state index in [2.05, 4.69) is 15.9 Å². The number of halogens is 5. The lowest BCUT2D eigenvalue weighted by Crippen LogP contribution is -2.04. The van der Waals surface area contributed by atoms with Crippen molar-refractivity contribution in [1.82, 2.24) is 0 Å². The molecule has 0 aliphatic rings. The summed E-state index contributed by atoms with van der Waals surface area (Å²) in [6, 6.07) is 3.67. The van der Waals surface area contributed by atoms with Crippen LogP contribution >= 0.6 is 15.9 Å². The van der Waals surface area contributed by atoms with Crippen LogP contribution in [0.1, 0.15) is 27.6 Å². The summed E-state index contributed by atoms with van der Waals surface area (Å²) in [4.78, 5) is 21.7. The first kappa shape index (κ1) is 20.6. The molecule has 25 heavy (non-hydrogen) atoms. The molecule has 0 bridgehead atoms. The smallest absolute Gasteiger partial charge is 0.173 e. The highest BCUT2D eigenvalue weighted by atomic mass is 79.9. The molecule has 0 heterocycles. The number of nitrogens with two attached hydrogens (primary N) is 2. The average molecular weight is 421 g/mol. The number of rotatable bonds is 3. The molecule has 2 aromatic carbocycles. The number of ketones is 2. The van der Waals surface area contributed by atoms with Gasteiger partial charge in [0.2, 0.25) is 0 Å². The first-order valence-electron chi connectivity index (χ1n) is 6.67. The van der Waals surface area contributed by atoms with Gasteiger partial charge < -0.3 is 11.5 Å². The van der Waals surface area contributed by atoms with E-state index in [1.807, 2.05) is 0 Å². The number of hydrogen-bond acceptors (Lipinski definition) is 4. The Morgan fingerprint density at radius 3 is 1.44 bits per heavy atom. The molecule has 0 unspecified atom stereocenters. The topological polar surface area (TPSA) is 86.2 Å². The largest absolute Gasteiger partial charge is 0.394 e. The highest BCUT2D eigenvalue weighted by molar-refractivity contribution is 9.09. The molecule has 0 aromatic heterocycles. The lowest BCUT2D eigenvalue weighted by Gasteiger charge is -2.01. The molecule has 0 aliphatic heterocycles. The van der Waals surface area contributed by atoms with Crippen LogP contribution in [-0.2, 0) is 0 Å². The van der Waals surface area contributed by atoms with Crippen molar-refractivity contribution in [2.45, 2.75) is 6.92 Å². The Labute approximate surface area is 148 Å². The monoisotopic (exact) mass is 420 g/mol. The lowest BCUT2D eigenvalue weighted by atomic mass is 10.1. The van der Waals surface area contributed by atoms with Gasteiger partial charge in [-0.25, -0.2) is 17.6 Å². The summed E-state index contributed by atoms with van der Waals surface area (Å²) < 4.78 is 51.0. The molecule has 0 fully saturated rings. The van der Waals surface area contributed by atoms with E-state index in [4.69, 9.17) is 11.5 Å². The van der Waals surface area contributed by atoms with Gasteiger partial charge in [0.05, 0.1) is 5.33 Å². The Bertz CT molecular complexity index is 782. The maximum Gasteiger partial charge on any atom is 0.173 e. The molecule has 4 N–H and O–H groups in total. The molecular formula is C16H13BrF4N2O2. The van der Waals surface area contributed by atoms with Crippen LogP contribution in [0.25, 0.3) is 0 Å². The van der Waals surface area contributed by atoms with Crippen molar-refractivity contribution >= 4 is 38.9 Å². The number of alkyl halides is 1. The Morgan fingerprint density at radius 2 is 1.16 bits per heavy atom. The molecule has 0 spiro atoms. The van der Waals surface area contributed by atoms with Gasteiger partial charge in [-0.2, -0.15) is 0 Å². The summed E-state index contributed by atoms with van der Waals surface area (Å²) in [6.07, 6.45) is 0. The molecule has 0 amide bonds. The highest BCUT2D eigenvalue weighted by Crippen LogP contribution is 2.18. The number of benzene rings is 2. The molecule has 4 nitrogen and oxygen atoms in total. The van der Waals surface area contributed by atoms with Crippen molar-refractivity contribution in [3.05, 3.63) is 58.7 Å². The molecule has 0 atom stereocenters. The van der Waals surface area contributed by atoms with E-state index in [-0.39, 0.29) is 16.5 Å². The molecule has 2 aromatic rings. The molecular weight excluding hydrogens is 408 g/mol. The number of anilines is 2. The van der Waals surface area contributed by atoms with Crippen LogP contribution < -0.4 is 11.5 Å². The fourth-order valence-electron chi connectivity index (χ4n) is 1.61. The first-order chi connectivity index (χ1) is 11.6. The van der Waals surface area contributed by atoms with E-state index < -0.39 is 46.2 Å². The van der Waals surface area contributed by atoms with Crippen molar-refractivity contribution < 1.29 is 27.2 Å². The number of hydrogen-bond donors (Lipinski definition) is 2. The van der Waals surface area contributed by atoms with Gasteiger partial charge in [0.15, 0.2) is 11.6 Å². The zero-order valence-corrected chi connectivity index (χ0v) is 14.5. The fraction of sp³-hybridized carbons (Fsp3) is 0.125. The van der Waals surface area contributed by atoms with Gasteiger partial charge in [-0.1, -0.05) is 15.9 Å². The van der Waals surface area contributed by atoms with E-state index in [1.165, 1.54) is 6.92 Å². The average Bonchev–Trinajstić information content (AvgIpc) is 2.56. The van der Waals surface area contributed by atoms with Crippen LogP contribution in [0.4, 0.5) is 28.9 Å². The summed E-state index contributed by atoms with van der Waals surface area (Å²) in [5.41, 5.74) is 8.85. The van der Waals surface area contributed by atoms with Gasteiger partial charge in [-0.3, -0.25) is 9.59 Å². The van der Waals surface area contributed by atoms with Crippen LogP contribution in [0.15, 0.2) is 24.3 Å². The summed E-state index contributed by atoms with van der Waals surface area (Å²) in [6.45, 7) is 1.23. The van der Waals surface area contributed by atoms with Gasteiger partial charge >= 0.3 is 0 Å². The molecule has 0 saturated carbocycles. The van der Waals surface area contributed by atoms with E-state index in [0.29, 0.717) is 0 Å². The number of carbonyl (C=O) groups is 2. The maximum atomic E-state index is 12.8. The van der Waals surface area contributed by atoms with Gasteiger partial charge in [0, 0.05) is 11.1 Å². The minimum absolute atomic E-state index is 0.0146. The van der Waals surface area contributed by atoms with E-state index >= 15 is 0 Å². The summed E-state index contributed by atoms with van der Waals surface area (Å²) in [5.74, 6) is -4.42. The third kappa shape index (κ3) is 5.28. The van der Waals surface area contributed by atoms with Crippen molar-refractivity contribution in [3.63, 3.8) is 0 Å². The van der Waals surface area contributed by atoms with E-state index in [9.17, 15) is 27.2 Å². The Hall–Kier alpha value is -2.42. The van der Waals surface area contributed by atoms with Crippen LogP contribution in [0.3, 0.4) is 0 Å². The highest BCUT2D eigenvalue weighted by Gasteiger charge is 2.12. The minimum Gasteiger partial charge on any atom is -0.394 e. The van der Waals surface area contributed by atoms with Crippen molar-refractivity contribution in [1.29, 1.82) is 0 Å². The zero-order chi connectivity index (χ0) is 19.3. The molecule has 0 saturated heterocycles. The van der Waals surface area contributed by atoms with Gasteiger partial charge in [-0.05, 0) is 31.2 Å². The van der Waals surface area contributed by atoms with Gasteiger partial charge in [-0.15, -0.1) is 0 Å². The number of carbonyl (C=O) groups excluding carboxylic acids is 2. The quantitative estimate of drug-likeness (QED) is 0.341. The van der Waals surface area contributed by atoms with Crippen LogP contribution in [0.2, 0.25) is 0 Å². The van der Waals surface area contributed by atoms with Gasteiger partial charge in [0.1, 0.15) is 34.6 Å². The van der Waals surface area contributed by atoms with Crippen molar-refractivity contribution in [3.8, 4) is 0 Å². The Kier molecular flexibility index (Phi) is 7.10.